The summed E-state index contributed by atoms with van der Waals surface area (Å²) in [6, 6.07) is 2.04. The molecule has 0 aliphatic heterocycles. The van der Waals surface area contributed by atoms with Crippen LogP contribution >= 0.6 is 11.8 Å². The maximum Gasteiger partial charge on any atom is 0.0974 e. The molecule has 0 saturated heterocycles. The molecule has 0 aromatic heterocycles. The molecule has 0 saturated carbocycles. The van der Waals surface area contributed by atoms with Crippen molar-refractivity contribution in [3.63, 3.8) is 0 Å². The molecule has 0 unspecified atom stereocenters. The summed E-state index contributed by atoms with van der Waals surface area (Å²) in [6.07, 6.45) is 2.59. The van der Waals surface area contributed by atoms with Gasteiger partial charge in [-0.3, -0.25) is 0 Å². The Morgan fingerprint density at radius 3 is 2.44 bits per heavy atom. The van der Waals surface area contributed by atoms with E-state index in [2.05, 4.69) is 0 Å². The molecule has 9 heavy (non-hydrogen) atoms. The molecule has 0 rings (SSSR count). The summed E-state index contributed by atoms with van der Waals surface area (Å²) in [6.45, 7) is 1.92. The number of nitrogens with two attached hydrogens (primary N) is 1. The van der Waals surface area contributed by atoms with Crippen LogP contribution in [0.2, 0.25) is 0 Å². The maximum atomic E-state index is 8.43. The van der Waals surface area contributed by atoms with E-state index in [9.17, 15) is 0 Å². The van der Waals surface area contributed by atoms with E-state index in [4.69, 9.17) is 11.0 Å². The van der Waals surface area contributed by atoms with E-state index in [1.807, 2.05) is 19.2 Å². The van der Waals surface area contributed by atoms with Gasteiger partial charge in [-0.2, -0.15) is 5.26 Å². The maximum absolute atomic E-state index is 8.43. The van der Waals surface area contributed by atoms with Gasteiger partial charge in [0.15, 0.2) is 0 Å². The number of hydrogen-bond donors (Lipinski definition) is 1. The Labute approximate surface area is 59.7 Å². The normalized spacial score (nSPS) is 12.1. The minimum Gasteiger partial charge on any atom is -0.393 e. The van der Waals surface area contributed by atoms with Crippen molar-refractivity contribution in [3.05, 3.63) is 10.6 Å². The first kappa shape index (κ1) is 8.38. The van der Waals surface area contributed by atoms with Crippen molar-refractivity contribution < 1.29 is 0 Å². The summed E-state index contributed by atoms with van der Waals surface area (Å²) in [4.78, 5) is 0. The Balaban J connectivity index is 4.24. The molecule has 3 heteroatoms. The van der Waals surface area contributed by atoms with Crippen molar-refractivity contribution in [3.8, 4) is 6.07 Å². The number of hydrogen-bond acceptors (Lipinski definition) is 3. The molecule has 0 bridgehead atoms. The molecular weight excluding hydrogens is 132 g/mol. The second-order valence-electron chi connectivity index (χ2n) is 1.51. The van der Waals surface area contributed by atoms with Crippen LogP contribution in [-0.2, 0) is 0 Å². The van der Waals surface area contributed by atoms with Gasteiger partial charge in [0.25, 0.3) is 0 Å². The Morgan fingerprint density at radius 1 is 1.78 bits per heavy atom. The van der Waals surface area contributed by atoms with Crippen molar-refractivity contribution in [2.45, 2.75) is 13.3 Å². The number of nitrogens with zero attached hydrogens (tertiary/aromatic N) is 1. The molecule has 2 nitrogen and oxygen atoms in total. The summed E-state index contributed by atoms with van der Waals surface area (Å²) in [7, 11) is 0. The Hall–Kier alpha value is -0.620. The van der Waals surface area contributed by atoms with Gasteiger partial charge in [0.1, 0.15) is 0 Å². The first-order valence-electron chi connectivity index (χ1n) is 2.69. The molecule has 0 fully saturated rings. The molecule has 0 aliphatic rings. The second kappa shape index (κ2) is 4.28. The van der Waals surface area contributed by atoms with Crippen LogP contribution in [0.25, 0.3) is 0 Å². The average molecular weight is 142 g/mol. The third kappa shape index (κ3) is 2.43. The van der Waals surface area contributed by atoms with E-state index < -0.39 is 0 Å². The molecule has 0 spiro atoms. The minimum atomic E-state index is 0.639. The second-order valence-corrected chi connectivity index (χ2v) is 2.36. The standard InChI is InChI=1S/C6H10N2S/c1-3-5(4-7)6(8)9-2/h3,8H2,1-2H3/b6-5-. The van der Waals surface area contributed by atoms with E-state index >= 15 is 0 Å². The molecule has 0 aromatic rings. The minimum absolute atomic E-state index is 0.639. The lowest BCUT2D eigenvalue weighted by Crippen LogP contribution is -1.95. The summed E-state index contributed by atoms with van der Waals surface area (Å²) < 4.78 is 0. The lowest BCUT2D eigenvalue weighted by atomic mass is 10.2. The van der Waals surface area contributed by atoms with Gasteiger partial charge >= 0.3 is 0 Å². The highest BCUT2D eigenvalue weighted by atomic mass is 32.2. The van der Waals surface area contributed by atoms with Crippen LogP contribution in [0.5, 0.6) is 0 Å². The zero-order valence-corrected chi connectivity index (χ0v) is 6.46. The van der Waals surface area contributed by atoms with Crippen LogP contribution in [0, 0.1) is 11.3 Å². The molecule has 2 N–H and O–H groups in total. The van der Waals surface area contributed by atoms with E-state index in [1.165, 1.54) is 11.8 Å². The highest BCUT2D eigenvalue weighted by Crippen LogP contribution is 2.11. The van der Waals surface area contributed by atoms with Gasteiger partial charge in [-0.15, -0.1) is 11.8 Å². The van der Waals surface area contributed by atoms with E-state index in [0.29, 0.717) is 10.6 Å². The van der Waals surface area contributed by atoms with Crippen molar-refractivity contribution in [2.24, 2.45) is 5.73 Å². The molecule has 0 atom stereocenters. The third-order valence-electron chi connectivity index (χ3n) is 1.01. The topological polar surface area (TPSA) is 49.8 Å². The Morgan fingerprint density at radius 2 is 2.33 bits per heavy atom. The first-order chi connectivity index (χ1) is 4.26. The fraction of sp³-hybridized carbons (Fsp3) is 0.500. The SMILES string of the molecule is CC/C(C#N)=C(\N)SC. The zero-order chi connectivity index (χ0) is 7.28. The summed E-state index contributed by atoms with van der Waals surface area (Å²) in [5.41, 5.74) is 6.14. The lowest BCUT2D eigenvalue weighted by Gasteiger charge is -1.96. The largest absolute Gasteiger partial charge is 0.393 e. The fourth-order valence-electron chi connectivity index (χ4n) is 0.432. The van der Waals surface area contributed by atoms with Crippen LogP contribution in [0.4, 0.5) is 0 Å². The van der Waals surface area contributed by atoms with Crippen LogP contribution in [0.1, 0.15) is 13.3 Å². The first-order valence-corrected chi connectivity index (χ1v) is 3.91. The van der Waals surface area contributed by atoms with Crippen molar-refractivity contribution in [1.29, 1.82) is 5.26 Å². The van der Waals surface area contributed by atoms with Crippen molar-refractivity contribution in [1.82, 2.24) is 0 Å². The van der Waals surface area contributed by atoms with E-state index in [1.54, 1.807) is 0 Å². The van der Waals surface area contributed by atoms with Crippen LogP contribution in [0.3, 0.4) is 0 Å². The summed E-state index contributed by atoms with van der Waals surface area (Å²) >= 11 is 1.42. The smallest absolute Gasteiger partial charge is 0.0974 e. The zero-order valence-electron chi connectivity index (χ0n) is 5.64. The van der Waals surface area contributed by atoms with E-state index in [-0.39, 0.29) is 0 Å². The summed E-state index contributed by atoms with van der Waals surface area (Å²) in [5.74, 6) is 0. The Kier molecular flexibility index (Phi) is 3.98. The van der Waals surface area contributed by atoms with Gasteiger partial charge in [0.2, 0.25) is 0 Å². The van der Waals surface area contributed by atoms with Crippen molar-refractivity contribution in [2.75, 3.05) is 6.26 Å². The van der Waals surface area contributed by atoms with Crippen LogP contribution < -0.4 is 5.73 Å². The molecule has 50 valence electrons. The molecular formula is C6H10N2S. The van der Waals surface area contributed by atoms with Crippen LogP contribution in [0.15, 0.2) is 10.6 Å². The summed E-state index contributed by atoms with van der Waals surface area (Å²) in [5, 5.41) is 9.07. The lowest BCUT2D eigenvalue weighted by molar-refractivity contribution is 1.13. The number of thioether (sulfide) groups is 1. The average Bonchev–Trinajstić information content (AvgIpc) is 1.90. The predicted octanol–water partition coefficient (Wildman–Crippen LogP) is 1.45. The molecule has 0 amide bonds. The monoisotopic (exact) mass is 142 g/mol. The predicted molar refractivity (Wildman–Crippen MR) is 40.6 cm³/mol. The number of allylic oxidation sites excluding steroid dienone is 1. The highest BCUT2D eigenvalue weighted by molar-refractivity contribution is 8.02. The number of rotatable bonds is 2. The van der Waals surface area contributed by atoms with Gasteiger partial charge in [-0.25, -0.2) is 0 Å². The van der Waals surface area contributed by atoms with Gasteiger partial charge in [0, 0.05) is 0 Å². The van der Waals surface area contributed by atoms with Gasteiger partial charge in [-0.1, -0.05) is 6.92 Å². The fourth-order valence-corrected chi connectivity index (χ4v) is 0.868. The molecule has 0 heterocycles. The molecule has 0 radical (unpaired) electrons. The van der Waals surface area contributed by atoms with Gasteiger partial charge in [0.05, 0.1) is 16.7 Å². The van der Waals surface area contributed by atoms with Gasteiger partial charge in [-0.05, 0) is 12.7 Å². The van der Waals surface area contributed by atoms with Crippen LogP contribution in [-0.4, -0.2) is 6.26 Å². The van der Waals surface area contributed by atoms with E-state index in [0.717, 1.165) is 6.42 Å². The van der Waals surface area contributed by atoms with Crippen molar-refractivity contribution >= 4 is 11.8 Å². The van der Waals surface area contributed by atoms with Gasteiger partial charge < -0.3 is 5.73 Å². The highest BCUT2D eigenvalue weighted by Gasteiger charge is 1.96. The molecule has 0 aromatic carbocycles. The molecule has 0 aliphatic carbocycles. The third-order valence-corrected chi connectivity index (χ3v) is 1.69. The quantitative estimate of drug-likeness (QED) is 0.594. The Bertz CT molecular complexity index is 155. The number of nitriles is 1.